The number of anilines is 2. The Balaban J connectivity index is 1.79. The third-order valence-electron chi connectivity index (χ3n) is 5.26. The van der Waals surface area contributed by atoms with E-state index < -0.39 is 29.5 Å². The minimum Gasteiger partial charge on any atom is -0.444 e. The Bertz CT molecular complexity index is 1180. The molecular formula is C29H37N3O6. The maximum Gasteiger partial charge on any atom is 0.412 e. The van der Waals surface area contributed by atoms with E-state index in [0.717, 1.165) is 11.1 Å². The van der Waals surface area contributed by atoms with Crippen LogP contribution in [-0.2, 0) is 20.8 Å². The zero-order valence-electron chi connectivity index (χ0n) is 22.9. The van der Waals surface area contributed by atoms with Crippen LogP contribution in [0, 0.1) is 0 Å². The quantitative estimate of drug-likeness (QED) is 0.417. The van der Waals surface area contributed by atoms with Crippen molar-refractivity contribution in [3.8, 4) is 0 Å². The lowest BCUT2D eigenvalue weighted by Crippen LogP contribution is -2.39. The van der Waals surface area contributed by atoms with Crippen LogP contribution in [-0.4, -0.2) is 47.5 Å². The third kappa shape index (κ3) is 9.14. The van der Waals surface area contributed by atoms with Crippen molar-refractivity contribution >= 4 is 35.2 Å². The molecule has 0 aliphatic carbocycles. The molecule has 0 saturated carbocycles. The van der Waals surface area contributed by atoms with Gasteiger partial charge >= 0.3 is 18.3 Å². The van der Waals surface area contributed by atoms with Gasteiger partial charge in [-0.15, -0.1) is 0 Å². The number of rotatable bonds is 5. The fourth-order valence-corrected chi connectivity index (χ4v) is 3.72. The van der Waals surface area contributed by atoms with Crippen molar-refractivity contribution in [3.63, 3.8) is 0 Å². The highest BCUT2D eigenvalue weighted by Gasteiger charge is 2.26. The number of hydrogen-bond donors (Lipinski definition) is 2. The van der Waals surface area contributed by atoms with Gasteiger partial charge in [-0.25, -0.2) is 14.4 Å². The minimum absolute atomic E-state index is 0.126. The van der Waals surface area contributed by atoms with E-state index in [0.29, 0.717) is 36.4 Å². The van der Waals surface area contributed by atoms with Crippen LogP contribution in [0.2, 0.25) is 0 Å². The second-order valence-corrected chi connectivity index (χ2v) is 11.0. The summed E-state index contributed by atoms with van der Waals surface area (Å²) in [5, 5.41) is 5.49. The summed E-state index contributed by atoms with van der Waals surface area (Å²) in [6.45, 7) is 11.8. The van der Waals surface area contributed by atoms with Crippen LogP contribution in [0.4, 0.5) is 25.8 Å². The summed E-state index contributed by atoms with van der Waals surface area (Å²) in [5.74, 6) is 0. The molecule has 2 aromatic carbocycles. The molecule has 0 unspecified atom stereocenters. The highest BCUT2D eigenvalue weighted by atomic mass is 16.6. The summed E-state index contributed by atoms with van der Waals surface area (Å²) in [6.07, 6.45) is 0.995. The van der Waals surface area contributed by atoms with Crippen LogP contribution >= 0.6 is 0 Å². The zero-order chi connectivity index (χ0) is 27.9. The molecule has 9 heteroatoms. The molecule has 0 spiro atoms. The zero-order valence-corrected chi connectivity index (χ0v) is 22.9. The smallest absolute Gasteiger partial charge is 0.412 e. The van der Waals surface area contributed by atoms with Crippen molar-refractivity contribution in [2.75, 3.05) is 23.7 Å². The second kappa shape index (κ2) is 12.0. The van der Waals surface area contributed by atoms with Gasteiger partial charge in [-0.3, -0.25) is 10.6 Å². The molecule has 204 valence electrons. The van der Waals surface area contributed by atoms with Crippen molar-refractivity contribution in [1.82, 2.24) is 4.90 Å². The molecule has 0 saturated heterocycles. The van der Waals surface area contributed by atoms with E-state index in [4.69, 9.17) is 14.2 Å². The summed E-state index contributed by atoms with van der Waals surface area (Å²) < 4.78 is 16.3. The van der Waals surface area contributed by atoms with Gasteiger partial charge in [-0.05, 0) is 71.2 Å². The molecular weight excluding hydrogens is 486 g/mol. The van der Waals surface area contributed by atoms with E-state index in [1.807, 2.05) is 57.2 Å². The van der Waals surface area contributed by atoms with Crippen molar-refractivity contribution < 1.29 is 28.6 Å². The summed E-state index contributed by atoms with van der Waals surface area (Å²) in [6, 6.07) is 14.5. The van der Waals surface area contributed by atoms with Crippen LogP contribution in [0.1, 0.15) is 59.1 Å². The Kier molecular flexibility index (Phi) is 9.04. The highest BCUT2D eigenvalue weighted by Crippen LogP contribution is 2.31. The van der Waals surface area contributed by atoms with Crippen LogP contribution in [0.5, 0.6) is 0 Å². The molecule has 2 aromatic rings. The Morgan fingerprint density at radius 2 is 1.55 bits per heavy atom. The van der Waals surface area contributed by atoms with Gasteiger partial charge in [0.15, 0.2) is 0 Å². The van der Waals surface area contributed by atoms with Crippen molar-refractivity contribution in [1.29, 1.82) is 0 Å². The standard InChI is InChI=1S/C29H37N3O6/c1-28(2,3)37-26(34)31-24-17-22(30-25(33)36-19-20-11-8-7-9-12-20)14-15-23(24)21-13-10-16-32(18-21)27(35)38-29(4,5)6/h7-9,11-15,17H,10,16,18-19H2,1-6H3,(H,30,33)(H,31,34). The van der Waals surface area contributed by atoms with E-state index in [-0.39, 0.29) is 6.61 Å². The van der Waals surface area contributed by atoms with Gasteiger partial charge in [0.1, 0.15) is 17.8 Å². The van der Waals surface area contributed by atoms with Gasteiger partial charge in [0.05, 0.1) is 5.69 Å². The molecule has 1 aliphatic heterocycles. The van der Waals surface area contributed by atoms with E-state index in [1.165, 1.54) is 0 Å². The van der Waals surface area contributed by atoms with Crippen molar-refractivity contribution in [2.45, 2.75) is 65.8 Å². The van der Waals surface area contributed by atoms with Gasteiger partial charge in [0, 0.05) is 24.3 Å². The topological polar surface area (TPSA) is 106 Å². The third-order valence-corrected chi connectivity index (χ3v) is 5.26. The summed E-state index contributed by atoms with van der Waals surface area (Å²) in [5.41, 5.74) is 1.96. The number of hydrogen-bond acceptors (Lipinski definition) is 6. The monoisotopic (exact) mass is 523 g/mol. The average molecular weight is 524 g/mol. The normalized spacial score (nSPS) is 13.7. The largest absolute Gasteiger partial charge is 0.444 e. The minimum atomic E-state index is -0.695. The number of benzene rings is 2. The summed E-state index contributed by atoms with van der Waals surface area (Å²) in [7, 11) is 0. The molecule has 38 heavy (non-hydrogen) atoms. The first-order valence-electron chi connectivity index (χ1n) is 12.6. The molecule has 9 nitrogen and oxygen atoms in total. The van der Waals surface area contributed by atoms with Crippen LogP contribution in [0.25, 0.3) is 5.57 Å². The molecule has 0 aromatic heterocycles. The Morgan fingerprint density at radius 1 is 0.868 bits per heavy atom. The molecule has 3 amide bonds. The fourth-order valence-electron chi connectivity index (χ4n) is 3.72. The Hall–Kier alpha value is -4.01. The Morgan fingerprint density at radius 3 is 2.21 bits per heavy atom. The number of amides is 3. The number of carbonyl (C=O) groups is 3. The average Bonchev–Trinajstić information content (AvgIpc) is 2.81. The summed E-state index contributed by atoms with van der Waals surface area (Å²) >= 11 is 0. The maximum atomic E-state index is 12.7. The van der Waals surface area contributed by atoms with Gasteiger partial charge in [-0.1, -0.05) is 42.5 Å². The van der Waals surface area contributed by atoms with Crippen LogP contribution in [0.3, 0.4) is 0 Å². The molecule has 2 N–H and O–H groups in total. The molecule has 0 fully saturated rings. The van der Waals surface area contributed by atoms with Gasteiger partial charge < -0.3 is 19.1 Å². The van der Waals surface area contributed by atoms with Gasteiger partial charge in [0.2, 0.25) is 0 Å². The SMILES string of the molecule is CC(C)(C)OC(=O)Nc1cc(NC(=O)OCc2ccccc2)ccc1C1=CCCN(C(=O)OC(C)(C)C)C1. The molecule has 1 aliphatic rings. The predicted octanol–water partition coefficient (Wildman–Crippen LogP) is 6.81. The van der Waals surface area contributed by atoms with Gasteiger partial charge in [-0.2, -0.15) is 0 Å². The number of carbonyl (C=O) groups excluding carboxylic acids is 3. The van der Waals surface area contributed by atoms with E-state index in [9.17, 15) is 14.4 Å². The molecule has 0 bridgehead atoms. The molecule has 0 radical (unpaired) electrons. The first-order chi connectivity index (χ1) is 17.8. The van der Waals surface area contributed by atoms with Crippen LogP contribution in [0.15, 0.2) is 54.6 Å². The maximum absolute atomic E-state index is 12.7. The molecule has 1 heterocycles. The van der Waals surface area contributed by atoms with Crippen molar-refractivity contribution in [2.24, 2.45) is 0 Å². The molecule has 3 rings (SSSR count). The van der Waals surface area contributed by atoms with E-state index in [1.54, 1.807) is 43.9 Å². The predicted molar refractivity (Wildman–Crippen MR) is 147 cm³/mol. The van der Waals surface area contributed by atoms with Crippen molar-refractivity contribution in [3.05, 3.63) is 65.7 Å². The second-order valence-electron chi connectivity index (χ2n) is 11.0. The lowest BCUT2D eigenvalue weighted by molar-refractivity contribution is 0.0272. The lowest BCUT2D eigenvalue weighted by Gasteiger charge is -2.31. The lowest BCUT2D eigenvalue weighted by atomic mass is 9.99. The Labute approximate surface area is 224 Å². The van der Waals surface area contributed by atoms with E-state index in [2.05, 4.69) is 10.6 Å². The first kappa shape index (κ1) is 28.6. The number of ether oxygens (including phenoxy) is 3. The number of nitrogens with zero attached hydrogens (tertiary/aromatic N) is 1. The molecule has 0 atom stereocenters. The first-order valence-corrected chi connectivity index (χ1v) is 12.6. The van der Waals surface area contributed by atoms with Crippen LogP contribution < -0.4 is 10.6 Å². The highest BCUT2D eigenvalue weighted by molar-refractivity contribution is 5.94. The van der Waals surface area contributed by atoms with Gasteiger partial charge in [0.25, 0.3) is 0 Å². The summed E-state index contributed by atoms with van der Waals surface area (Å²) in [4.78, 5) is 39.4. The number of nitrogens with one attached hydrogen (secondary N) is 2. The van der Waals surface area contributed by atoms with E-state index >= 15 is 0 Å². The fraction of sp³-hybridized carbons (Fsp3) is 0.414.